The Morgan fingerprint density at radius 3 is 2.89 bits per heavy atom. The molecule has 0 saturated heterocycles. The summed E-state index contributed by atoms with van der Waals surface area (Å²) in [5, 5.41) is 11.0. The van der Waals surface area contributed by atoms with Gasteiger partial charge in [-0.15, -0.1) is 0 Å². The van der Waals surface area contributed by atoms with Crippen LogP contribution in [0, 0.1) is 0 Å². The third-order valence-corrected chi connectivity index (χ3v) is 0.865. The first-order chi connectivity index (χ1) is 4.35. The summed E-state index contributed by atoms with van der Waals surface area (Å²) in [6.07, 6.45) is 2.23. The molecule has 0 aromatic rings. The Bertz CT molecular complexity index is 110. The SMILES string of the molecule is C=C/N=C(\CC)NCO. The predicted octanol–water partition coefficient (Wildman–Crippen LogP) is 0.478. The lowest BCUT2D eigenvalue weighted by molar-refractivity contribution is 0.285. The molecule has 0 atom stereocenters. The molecular formula is C6H12N2O. The van der Waals surface area contributed by atoms with Gasteiger partial charge in [0, 0.05) is 12.6 Å². The minimum absolute atomic E-state index is 0.0689. The monoisotopic (exact) mass is 128 g/mol. The van der Waals surface area contributed by atoms with Crippen LogP contribution in [-0.2, 0) is 0 Å². The van der Waals surface area contributed by atoms with Gasteiger partial charge in [-0.25, -0.2) is 4.99 Å². The van der Waals surface area contributed by atoms with Gasteiger partial charge in [0.15, 0.2) is 0 Å². The lowest BCUT2D eigenvalue weighted by atomic mass is 10.4. The summed E-state index contributed by atoms with van der Waals surface area (Å²) in [4.78, 5) is 3.84. The number of hydrogen-bond acceptors (Lipinski definition) is 2. The fourth-order valence-electron chi connectivity index (χ4n) is 0.463. The molecule has 0 spiro atoms. The fraction of sp³-hybridized carbons (Fsp3) is 0.500. The van der Waals surface area contributed by atoms with Gasteiger partial charge < -0.3 is 10.4 Å². The van der Waals surface area contributed by atoms with E-state index in [2.05, 4.69) is 16.9 Å². The van der Waals surface area contributed by atoms with Crippen LogP contribution in [-0.4, -0.2) is 17.7 Å². The van der Waals surface area contributed by atoms with E-state index in [4.69, 9.17) is 5.11 Å². The van der Waals surface area contributed by atoms with Crippen LogP contribution in [0.3, 0.4) is 0 Å². The summed E-state index contributed by atoms with van der Waals surface area (Å²) >= 11 is 0. The second-order valence-electron chi connectivity index (χ2n) is 1.45. The van der Waals surface area contributed by atoms with Gasteiger partial charge in [-0.3, -0.25) is 0 Å². The molecule has 0 fully saturated rings. The average Bonchev–Trinajstić information content (AvgIpc) is 1.88. The summed E-state index contributed by atoms with van der Waals surface area (Å²) in [5.74, 6) is 0.757. The molecule has 2 N–H and O–H groups in total. The van der Waals surface area contributed by atoms with Crippen LogP contribution in [0.15, 0.2) is 17.8 Å². The van der Waals surface area contributed by atoms with Crippen molar-refractivity contribution in [3.63, 3.8) is 0 Å². The Morgan fingerprint density at radius 1 is 1.89 bits per heavy atom. The lowest BCUT2D eigenvalue weighted by Gasteiger charge is -2.00. The maximum absolute atomic E-state index is 8.37. The molecule has 0 heterocycles. The quantitative estimate of drug-likeness (QED) is 0.330. The maximum atomic E-state index is 8.37. The van der Waals surface area contributed by atoms with Crippen LogP contribution < -0.4 is 5.32 Å². The van der Waals surface area contributed by atoms with Gasteiger partial charge in [-0.2, -0.15) is 0 Å². The van der Waals surface area contributed by atoms with Crippen LogP contribution in [0.2, 0.25) is 0 Å². The Hall–Kier alpha value is -0.830. The van der Waals surface area contributed by atoms with Gasteiger partial charge in [0.2, 0.25) is 0 Å². The smallest absolute Gasteiger partial charge is 0.114 e. The Kier molecular flexibility index (Phi) is 4.82. The first kappa shape index (κ1) is 8.17. The summed E-state index contributed by atoms with van der Waals surface area (Å²) in [7, 11) is 0. The molecule has 0 aromatic heterocycles. The minimum atomic E-state index is -0.0689. The molecule has 0 aliphatic carbocycles. The fourth-order valence-corrected chi connectivity index (χ4v) is 0.463. The number of amidine groups is 1. The summed E-state index contributed by atoms with van der Waals surface area (Å²) in [5.41, 5.74) is 0. The van der Waals surface area contributed by atoms with E-state index in [1.165, 1.54) is 6.20 Å². The molecule has 0 aromatic carbocycles. The molecular weight excluding hydrogens is 116 g/mol. The van der Waals surface area contributed by atoms with Crippen LogP contribution in [0.4, 0.5) is 0 Å². The van der Waals surface area contributed by atoms with Gasteiger partial charge in [0.25, 0.3) is 0 Å². The van der Waals surface area contributed by atoms with Gasteiger partial charge in [-0.1, -0.05) is 13.5 Å². The van der Waals surface area contributed by atoms with Gasteiger partial charge >= 0.3 is 0 Å². The Morgan fingerprint density at radius 2 is 2.56 bits per heavy atom. The molecule has 0 saturated carbocycles. The molecule has 3 heteroatoms. The van der Waals surface area contributed by atoms with Crippen molar-refractivity contribution in [1.29, 1.82) is 0 Å². The average molecular weight is 128 g/mol. The highest BCUT2D eigenvalue weighted by molar-refractivity contribution is 5.82. The van der Waals surface area contributed by atoms with Crippen LogP contribution >= 0.6 is 0 Å². The molecule has 0 aliphatic rings. The van der Waals surface area contributed by atoms with Crippen LogP contribution in [0.1, 0.15) is 13.3 Å². The van der Waals surface area contributed by atoms with E-state index in [-0.39, 0.29) is 6.73 Å². The number of rotatable bonds is 3. The van der Waals surface area contributed by atoms with Crippen LogP contribution in [0.25, 0.3) is 0 Å². The second-order valence-corrected chi connectivity index (χ2v) is 1.45. The largest absolute Gasteiger partial charge is 0.377 e. The van der Waals surface area contributed by atoms with Crippen molar-refractivity contribution < 1.29 is 5.11 Å². The first-order valence-electron chi connectivity index (χ1n) is 2.87. The summed E-state index contributed by atoms with van der Waals surface area (Å²) in [6, 6.07) is 0. The number of hydrogen-bond donors (Lipinski definition) is 2. The van der Waals surface area contributed by atoms with Gasteiger partial charge in [-0.05, 0) is 0 Å². The molecule has 0 aliphatic heterocycles. The molecule has 0 bridgehead atoms. The zero-order valence-corrected chi connectivity index (χ0v) is 5.59. The molecule has 9 heavy (non-hydrogen) atoms. The highest BCUT2D eigenvalue weighted by Gasteiger charge is 1.87. The molecule has 0 unspecified atom stereocenters. The third-order valence-electron chi connectivity index (χ3n) is 0.865. The number of nitrogens with zero attached hydrogens (tertiary/aromatic N) is 1. The Balaban J connectivity index is 3.66. The molecule has 0 amide bonds. The summed E-state index contributed by atoms with van der Waals surface area (Å²) < 4.78 is 0. The topological polar surface area (TPSA) is 44.6 Å². The van der Waals surface area contributed by atoms with E-state index in [9.17, 15) is 0 Å². The van der Waals surface area contributed by atoms with E-state index in [0.29, 0.717) is 0 Å². The van der Waals surface area contributed by atoms with Crippen molar-refractivity contribution >= 4 is 5.84 Å². The number of nitrogens with one attached hydrogen (secondary N) is 1. The second kappa shape index (κ2) is 5.31. The number of aliphatic imine (C=N–C) groups is 1. The third kappa shape index (κ3) is 3.73. The van der Waals surface area contributed by atoms with Crippen molar-refractivity contribution in [3.05, 3.63) is 12.8 Å². The van der Waals surface area contributed by atoms with Gasteiger partial charge in [0.05, 0.1) is 0 Å². The summed E-state index contributed by atoms with van der Waals surface area (Å²) in [6.45, 7) is 5.30. The van der Waals surface area contributed by atoms with Crippen molar-refractivity contribution in [2.45, 2.75) is 13.3 Å². The van der Waals surface area contributed by atoms with E-state index in [0.717, 1.165) is 12.3 Å². The van der Waals surface area contributed by atoms with Crippen molar-refractivity contribution in [1.82, 2.24) is 5.32 Å². The first-order valence-corrected chi connectivity index (χ1v) is 2.87. The number of aliphatic hydroxyl groups is 1. The van der Waals surface area contributed by atoms with Gasteiger partial charge in [0.1, 0.15) is 12.6 Å². The lowest BCUT2D eigenvalue weighted by Crippen LogP contribution is -2.22. The molecule has 0 rings (SSSR count). The number of aliphatic hydroxyl groups excluding tert-OH is 1. The molecule has 3 nitrogen and oxygen atoms in total. The van der Waals surface area contributed by atoms with Crippen LogP contribution in [0.5, 0.6) is 0 Å². The Labute approximate surface area is 55.1 Å². The molecule has 52 valence electrons. The zero-order valence-electron chi connectivity index (χ0n) is 5.59. The highest BCUT2D eigenvalue weighted by Crippen LogP contribution is 1.80. The van der Waals surface area contributed by atoms with E-state index in [1.807, 2.05) is 6.92 Å². The van der Waals surface area contributed by atoms with Crippen molar-refractivity contribution in [3.8, 4) is 0 Å². The van der Waals surface area contributed by atoms with E-state index in [1.54, 1.807) is 0 Å². The van der Waals surface area contributed by atoms with Crippen molar-refractivity contribution in [2.75, 3.05) is 6.73 Å². The predicted molar refractivity (Wildman–Crippen MR) is 38.1 cm³/mol. The highest BCUT2D eigenvalue weighted by atomic mass is 16.3. The normalized spacial score (nSPS) is 11.1. The van der Waals surface area contributed by atoms with E-state index >= 15 is 0 Å². The van der Waals surface area contributed by atoms with Crippen molar-refractivity contribution in [2.24, 2.45) is 4.99 Å². The maximum Gasteiger partial charge on any atom is 0.114 e. The minimum Gasteiger partial charge on any atom is -0.377 e. The van der Waals surface area contributed by atoms with E-state index < -0.39 is 0 Å². The zero-order chi connectivity index (χ0) is 7.11. The molecule has 0 radical (unpaired) electrons. The standard InChI is InChI=1S/C6H12N2O/c1-3-6(7-4-2)8-5-9/h4,9H,2-3,5H2,1H3,(H,7,8).